The van der Waals surface area contributed by atoms with Gasteiger partial charge in [0.1, 0.15) is 17.1 Å². The summed E-state index contributed by atoms with van der Waals surface area (Å²) >= 11 is 0. The van der Waals surface area contributed by atoms with Crippen LogP contribution in [0.4, 0.5) is 0 Å². The van der Waals surface area contributed by atoms with E-state index in [0.717, 1.165) is 40.7 Å². The molecule has 0 N–H and O–H groups in total. The summed E-state index contributed by atoms with van der Waals surface area (Å²) in [6.45, 7) is 0.276. The van der Waals surface area contributed by atoms with Crippen LogP contribution in [0.5, 0.6) is 17.2 Å². The highest BCUT2D eigenvalue weighted by Crippen LogP contribution is 2.35. The SMILES string of the molecule is COc1ccc2oc(Cn3cc(-c4ccc(OC)c(OC5CCCC5)c4)cnc3=O)cc2c1. The molecule has 170 valence electrons. The van der Waals surface area contributed by atoms with Crippen LogP contribution in [0.3, 0.4) is 0 Å². The summed E-state index contributed by atoms with van der Waals surface area (Å²) in [4.78, 5) is 16.5. The zero-order valence-corrected chi connectivity index (χ0v) is 18.7. The first-order chi connectivity index (χ1) is 16.1. The Balaban J connectivity index is 1.44. The molecular formula is C26H26N2O5. The largest absolute Gasteiger partial charge is 0.497 e. The lowest BCUT2D eigenvalue weighted by Gasteiger charge is -2.17. The van der Waals surface area contributed by atoms with E-state index >= 15 is 0 Å². The van der Waals surface area contributed by atoms with Gasteiger partial charge in [0.25, 0.3) is 0 Å². The van der Waals surface area contributed by atoms with E-state index in [2.05, 4.69) is 4.98 Å². The maximum atomic E-state index is 12.5. The molecule has 1 aliphatic rings. The normalized spacial score (nSPS) is 14.0. The summed E-state index contributed by atoms with van der Waals surface area (Å²) in [5, 5.41) is 0.922. The Morgan fingerprint density at radius 3 is 2.64 bits per heavy atom. The van der Waals surface area contributed by atoms with Crippen LogP contribution in [0.15, 0.2) is 64.1 Å². The minimum absolute atomic E-state index is 0.216. The van der Waals surface area contributed by atoms with E-state index in [9.17, 15) is 4.79 Å². The van der Waals surface area contributed by atoms with Gasteiger partial charge in [0.2, 0.25) is 0 Å². The summed E-state index contributed by atoms with van der Waals surface area (Å²) in [7, 11) is 3.27. The number of hydrogen-bond donors (Lipinski definition) is 0. The number of ether oxygens (including phenoxy) is 3. The van der Waals surface area contributed by atoms with Crippen LogP contribution in [0.25, 0.3) is 22.1 Å². The van der Waals surface area contributed by atoms with Crippen LogP contribution in [-0.4, -0.2) is 29.9 Å². The molecule has 2 aromatic heterocycles. The Bertz CT molecular complexity index is 1330. The molecule has 2 aromatic carbocycles. The van der Waals surface area contributed by atoms with Gasteiger partial charge in [0.15, 0.2) is 11.5 Å². The zero-order chi connectivity index (χ0) is 22.8. The Kier molecular flexibility index (Phi) is 5.77. The number of methoxy groups -OCH3 is 2. The van der Waals surface area contributed by atoms with Crippen molar-refractivity contribution < 1.29 is 18.6 Å². The quantitative estimate of drug-likeness (QED) is 0.396. The molecule has 4 aromatic rings. The molecule has 0 bridgehead atoms. The van der Waals surface area contributed by atoms with Crippen LogP contribution in [0, 0.1) is 0 Å². The summed E-state index contributed by atoms with van der Waals surface area (Å²) in [6, 6.07) is 13.3. The third-order valence-corrected chi connectivity index (χ3v) is 6.05. The summed E-state index contributed by atoms with van der Waals surface area (Å²) in [5.41, 5.74) is 2.12. The Morgan fingerprint density at radius 2 is 1.85 bits per heavy atom. The number of benzene rings is 2. The predicted octanol–water partition coefficient (Wildman–Crippen LogP) is 5.04. The molecule has 1 fully saturated rings. The van der Waals surface area contributed by atoms with Gasteiger partial charge >= 0.3 is 5.69 Å². The van der Waals surface area contributed by atoms with Crippen molar-refractivity contribution in [3.63, 3.8) is 0 Å². The van der Waals surface area contributed by atoms with Crippen LogP contribution < -0.4 is 19.9 Å². The van der Waals surface area contributed by atoms with Gasteiger partial charge < -0.3 is 18.6 Å². The van der Waals surface area contributed by atoms with E-state index in [0.29, 0.717) is 17.3 Å². The lowest BCUT2D eigenvalue weighted by molar-refractivity contribution is 0.201. The first-order valence-electron chi connectivity index (χ1n) is 11.1. The highest BCUT2D eigenvalue weighted by molar-refractivity contribution is 5.79. The molecule has 0 saturated heterocycles. The molecule has 7 nitrogen and oxygen atoms in total. The molecule has 0 amide bonds. The average molecular weight is 447 g/mol. The number of rotatable bonds is 7. The van der Waals surface area contributed by atoms with Gasteiger partial charge in [-0.05, 0) is 67.6 Å². The van der Waals surface area contributed by atoms with Gasteiger partial charge in [-0.15, -0.1) is 0 Å². The third-order valence-electron chi connectivity index (χ3n) is 6.05. The molecule has 7 heteroatoms. The molecule has 0 radical (unpaired) electrons. The number of nitrogens with zero attached hydrogens (tertiary/aromatic N) is 2. The molecule has 2 heterocycles. The fourth-order valence-electron chi connectivity index (χ4n) is 4.30. The van der Waals surface area contributed by atoms with Crippen LogP contribution >= 0.6 is 0 Å². The van der Waals surface area contributed by atoms with Crippen molar-refractivity contribution in [3.8, 4) is 28.4 Å². The number of aromatic nitrogens is 2. The first-order valence-corrected chi connectivity index (χ1v) is 11.1. The molecule has 5 rings (SSSR count). The first kappa shape index (κ1) is 21.1. The topological polar surface area (TPSA) is 75.7 Å². The molecule has 1 aliphatic carbocycles. The van der Waals surface area contributed by atoms with Crippen molar-refractivity contribution in [1.82, 2.24) is 9.55 Å². The Hall–Kier alpha value is -3.74. The second-order valence-corrected chi connectivity index (χ2v) is 8.26. The zero-order valence-electron chi connectivity index (χ0n) is 18.7. The molecule has 0 unspecified atom stereocenters. The van der Waals surface area contributed by atoms with Gasteiger partial charge in [-0.3, -0.25) is 4.57 Å². The average Bonchev–Trinajstić information content (AvgIpc) is 3.49. The minimum atomic E-state index is -0.340. The van der Waals surface area contributed by atoms with Gasteiger partial charge in [-0.25, -0.2) is 9.78 Å². The van der Waals surface area contributed by atoms with Crippen LogP contribution in [0.2, 0.25) is 0 Å². The van der Waals surface area contributed by atoms with E-state index < -0.39 is 0 Å². The number of hydrogen-bond acceptors (Lipinski definition) is 6. The number of furan rings is 1. The monoisotopic (exact) mass is 446 g/mol. The summed E-state index contributed by atoms with van der Waals surface area (Å²) in [5.74, 6) is 2.83. The van der Waals surface area contributed by atoms with Gasteiger partial charge in [0.05, 0.1) is 26.9 Å². The Morgan fingerprint density at radius 1 is 1.00 bits per heavy atom. The lowest BCUT2D eigenvalue weighted by Crippen LogP contribution is -2.22. The predicted molar refractivity (Wildman–Crippen MR) is 125 cm³/mol. The molecule has 0 aliphatic heterocycles. The highest BCUT2D eigenvalue weighted by Gasteiger charge is 2.19. The van der Waals surface area contributed by atoms with E-state index in [4.69, 9.17) is 18.6 Å². The van der Waals surface area contributed by atoms with Crippen LogP contribution in [0.1, 0.15) is 31.4 Å². The van der Waals surface area contributed by atoms with Crippen molar-refractivity contribution in [2.75, 3.05) is 14.2 Å². The molecule has 33 heavy (non-hydrogen) atoms. The van der Waals surface area contributed by atoms with Crippen molar-refractivity contribution in [2.45, 2.75) is 38.3 Å². The highest BCUT2D eigenvalue weighted by atomic mass is 16.5. The third kappa shape index (κ3) is 4.44. The molecular weight excluding hydrogens is 420 g/mol. The molecule has 0 spiro atoms. The van der Waals surface area contributed by atoms with E-state index in [-0.39, 0.29) is 18.3 Å². The van der Waals surface area contributed by atoms with Crippen molar-refractivity contribution in [2.24, 2.45) is 0 Å². The fraction of sp³-hybridized carbons (Fsp3) is 0.308. The van der Waals surface area contributed by atoms with Gasteiger partial charge in [-0.2, -0.15) is 0 Å². The standard InChI is InChI=1S/C26H26N2O5/c1-30-21-8-10-23-18(11-21)12-22(33-23)16-28-15-19(14-27-26(28)29)17-7-9-24(31-2)25(13-17)32-20-5-3-4-6-20/h7-15,20H,3-6,16H2,1-2H3. The van der Waals surface area contributed by atoms with E-state index in [1.165, 1.54) is 12.8 Å². The summed E-state index contributed by atoms with van der Waals surface area (Å²) in [6.07, 6.45) is 8.10. The maximum absolute atomic E-state index is 12.5. The van der Waals surface area contributed by atoms with Crippen molar-refractivity contribution in [1.29, 1.82) is 0 Å². The van der Waals surface area contributed by atoms with Gasteiger partial charge in [0, 0.05) is 23.3 Å². The lowest BCUT2D eigenvalue weighted by atomic mass is 10.1. The Labute approximate surface area is 191 Å². The van der Waals surface area contributed by atoms with Crippen molar-refractivity contribution in [3.05, 3.63) is 71.1 Å². The second kappa shape index (κ2) is 9.02. The second-order valence-electron chi connectivity index (χ2n) is 8.26. The molecule has 1 saturated carbocycles. The molecule has 0 atom stereocenters. The fourth-order valence-corrected chi connectivity index (χ4v) is 4.30. The van der Waals surface area contributed by atoms with Gasteiger partial charge in [-0.1, -0.05) is 6.07 Å². The van der Waals surface area contributed by atoms with E-state index in [1.807, 2.05) is 42.5 Å². The van der Waals surface area contributed by atoms with E-state index in [1.54, 1.807) is 31.2 Å². The van der Waals surface area contributed by atoms with Crippen LogP contribution in [-0.2, 0) is 6.54 Å². The maximum Gasteiger partial charge on any atom is 0.347 e. The van der Waals surface area contributed by atoms with Crippen molar-refractivity contribution >= 4 is 11.0 Å². The smallest absolute Gasteiger partial charge is 0.347 e. The number of fused-ring (bicyclic) bond motifs is 1. The minimum Gasteiger partial charge on any atom is -0.497 e. The summed E-state index contributed by atoms with van der Waals surface area (Å²) < 4.78 is 24.5.